The van der Waals surface area contributed by atoms with Gasteiger partial charge in [-0.25, -0.2) is 4.79 Å². The lowest BCUT2D eigenvalue weighted by molar-refractivity contribution is -0.116. The Kier molecular flexibility index (Phi) is 4.93. The summed E-state index contributed by atoms with van der Waals surface area (Å²) < 4.78 is 0. The van der Waals surface area contributed by atoms with E-state index < -0.39 is 11.9 Å². The van der Waals surface area contributed by atoms with Gasteiger partial charge in [-0.05, 0) is 24.3 Å². The number of primary amides is 1. The van der Waals surface area contributed by atoms with E-state index in [0.29, 0.717) is 5.56 Å². The number of phenols is 1. The highest BCUT2D eigenvalue weighted by molar-refractivity contribution is 6.10. The van der Waals surface area contributed by atoms with Crippen LogP contribution in [0.15, 0.2) is 53.7 Å². The smallest absolute Gasteiger partial charge is 0.335 e. The fourth-order valence-corrected chi connectivity index (χ4v) is 1.83. The first-order valence-corrected chi connectivity index (χ1v) is 6.60. The third-order valence-corrected chi connectivity index (χ3v) is 2.86. The fourth-order valence-electron chi connectivity index (χ4n) is 1.83. The molecule has 0 aliphatic carbocycles. The Morgan fingerprint density at radius 3 is 2.43 bits per heavy atom. The van der Waals surface area contributed by atoms with Crippen molar-refractivity contribution < 1.29 is 24.6 Å². The van der Waals surface area contributed by atoms with Gasteiger partial charge in [0.05, 0.1) is 17.7 Å². The van der Waals surface area contributed by atoms with Gasteiger partial charge in [0.25, 0.3) is 0 Å². The summed E-state index contributed by atoms with van der Waals surface area (Å²) in [5, 5.41) is 22.2. The molecule has 7 nitrogen and oxygen atoms in total. The Hall–Kier alpha value is -3.35. The molecule has 0 saturated heterocycles. The van der Waals surface area contributed by atoms with Crippen molar-refractivity contribution in [1.82, 2.24) is 0 Å². The largest absolute Gasteiger partial charge is 0.508 e. The molecule has 0 spiro atoms. The maximum atomic E-state index is 11.2. The number of nitrogens with two attached hydrogens (primary N) is 1. The van der Waals surface area contributed by atoms with Gasteiger partial charge in [0, 0.05) is 11.6 Å². The Morgan fingerprint density at radius 2 is 1.78 bits per heavy atom. The van der Waals surface area contributed by atoms with Gasteiger partial charge in [-0.1, -0.05) is 23.4 Å². The van der Waals surface area contributed by atoms with Crippen LogP contribution in [0.2, 0.25) is 0 Å². The van der Waals surface area contributed by atoms with Crippen LogP contribution in [0.1, 0.15) is 22.3 Å². The minimum absolute atomic E-state index is 0.00188. The molecule has 7 heteroatoms. The molecule has 0 aliphatic heterocycles. The molecule has 0 aromatic heterocycles. The second-order valence-electron chi connectivity index (χ2n) is 4.66. The number of rotatable bonds is 6. The minimum atomic E-state index is -1.10. The lowest BCUT2D eigenvalue weighted by Gasteiger charge is -2.06. The van der Waals surface area contributed by atoms with Crippen LogP contribution in [0.25, 0.3) is 0 Å². The van der Waals surface area contributed by atoms with E-state index in [9.17, 15) is 14.7 Å². The first-order valence-electron chi connectivity index (χ1n) is 6.60. The number of aromatic hydroxyl groups is 1. The maximum absolute atomic E-state index is 11.2. The number of benzene rings is 2. The number of carbonyl (C=O) groups excluding carboxylic acids is 1. The zero-order chi connectivity index (χ0) is 16.8. The molecule has 0 radical (unpaired) electrons. The fraction of sp³-hybridized carbons (Fsp3) is 0.0625. The topological polar surface area (TPSA) is 122 Å². The second kappa shape index (κ2) is 7.08. The van der Waals surface area contributed by atoms with E-state index in [2.05, 4.69) is 5.16 Å². The molecule has 2 rings (SSSR count). The molecule has 0 atom stereocenters. The normalized spacial score (nSPS) is 11.0. The van der Waals surface area contributed by atoms with Crippen molar-refractivity contribution in [3.05, 3.63) is 59.7 Å². The van der Waals surface area contributed by atoms with Crippen molar-refractivity contribution >= 4 is 17.6 Å². The lowest BCUT2D eigenvalue weighted by atomic mass is 10.0. The number of hydrogen-bond acceptors (Lipinski definition) is 5. The number of carboxylic acids is 1. The quantitative estimate of drug-likeness (QED) is 0.554. The Balaban J connectivity index is 2.32. The minimum Gasteiger partial charge on any atom is -0.508 e. The van der Waals surface area contributed by atoms with Gasteiger partial charge >= 0.3 is 5.97 Å². The summed E-state index contributed by atoms with van der Waals surface area (Å²) in [5.74, 6) is -1.47. The van der Waals surface area contributed by atoms with Crippen LogP contribution >= 0.6 is 0 Å². The molecule has 2 aromatic carbocycles. The highest BCUT2D eigenvalue weighted by atomic mass is 16.6. The number of oxime groups is 1. The van der Waals surface area contributed by atoms with Gasteiger partial charge in [0.2, 0.25) is 5.91 Å². The summed E-state index contributed by atoms with van der Waals surface area (Å²) in [7, 11) is 0. The van der Waals surface area contributed by atoms with E-state index in [1.54, 1.807) is 18.2 Å². The van der Waals surface area contributed by atoms with Crippen LogP contribution in [0, 0.1) is 0 Å². The van der Waals surface area contributed by atoms with Gasteiger partial charge in [-0.15, -0.1) is 0 Å². The molecule has 0 heterocycles. The average molecular weight is 314 g/mol. The van der Waals surface area contributed by atoms with Crippen LogP contribution in [-0.4, -0.2) is 27.8 Å². The molecule has 0 unspecified atom stereocenters. The van der Waals surface area contributed by atoms with Crippen molar-refractivity contribution in [1.29, 1.82) is 0 Å². The summed E-state index contributed by atoms with van der Waals surface area (Å²) in [4.78, 5) is 27.4. The summed E-state index contributed by atoms with van der Waals surface area (Å²) in [5.41, 5.74) is 5.83. The van der Waals surface area contributed by atoms with Crippen LogP contribution in [0.5, 0.6) is 11.5 Å². The highest BCUT2D eigenvalue weighted by Gasteiger charge is 2.12. The summed E-state index contributed by atoms with van der Waals surface area (Å²) >= 11 is 0. The Morgan fingerprint density at radius 1 is 1.09 bits per heavy atom. The number of hydrogen-bond donors (Lipinski definition) is 3. The SMILES string of the molecule is NC(=O)C/C(=N\Oc1cccc(O)c1)c1cccc(C(=O)O)c1. The standard InChI is InChI=1S/C16H14N2O5/c17-15(20)9-14(10-3-1-4-11(7-10)16(21)22)18-23-13-6-2-5-12(19)8-13/h1-8,19H,9H2,(H2,17,20)(H,21,22)/b18-14+. The van der Waals surface area contributed by atoms with E-state index in [4.69, 9.17) is 15.7 Å². The van der Waals surface area contributed by atoms with Crippen molar-refractivity contribution in [3.8, 4) is 11.5 Å². The maximum Gasteiger partial charge on any atom is 0.335 e. The Labute approximate surface area is 131 Å². The first kappa shape index (κ1) is 16.0. The van der Waals surface area contributed by atoms with Crippen molar-refractivity contribution in [2.45, 2.75) is 6.42 Å². The molecule has 0 saturated carbocycles. The second-order valence-corrected chi connectivity index (χ2v) is 4.66. The molecule has 4 N–H and O–H groups in total. The molecular formula is C16H14N2O5. The van der Waals surface area contributed by atoms with Crippen molar-refractivity contribution in [3.63, 3.8) is 0 Å². The van der Waals surface area contributed by atoms with E-state index >= 15 is 0 Å². The predicted octanol–water partition coefficient (Wildman–Crippen LogP) is 1.75. The molecule has 2 aromatic rings. The number of nitrogens with zero attached hydrogens (tertiary/aromatic N) is 1. The van der Waals surface area contributed by atoms with E-state index in [0.717, 1.165) is 0 Å². The zero-order valence-corrected chi connectivity index (χ0v) is 12.0. The van der Waals surface area contributed by atoms with E-state index in [-0.39, 0.29) is 29.2 Å². The number of amides is 1. The number of carboxylic acid groups (broad SMARTS) is 1. The third kappa shape index (κ3) is 4.57. The van der Waals surface area contributed by atoms with Crippen LogP contribution in [-0.2, 0) is 4.79 Å². The lowest BCUT2D eigenvalue weighted by Crippen LogP contribution is -2.18. The molecule has 23 heavy (non-hydrogen) atoms. The first-order chi connectivity index (χ1) is 11.0. The molecule has 1 amide bonds. The van der Waals surface area contributed by atoms with Crippen LogP contribution < -0.4 is 10.6 Å². The number of phenolic OH excluding ortho intramolecular Hbond substituents is 1. The highest BCUT2D eigenvalue weighted by Crippen LogP contribution is 2.18. The van der Waals surface area contributed by atoms with E-state index in [1.165, 1.54) is 30.3 Å². The molecule has 118 valence electrons. The molecule has 0 fully saturated rings. The van der Waals surface area contributed by atoms with Gasteiger partial charge in [0.15, 0.2) is 5.75 Å². The number of aromatic carboxylic acids is 1. The van der Waals surface area contributed by atoms with Gasteiger partial charge < -0.3 is 20.8 Å². The molecule has 0 bridgehead atoms. The van der Waals surface area contributed by atoms with Crippen molar-refractivity contribution in [2.75, 3.05) is 0 Å². The summed E-state index contributed by atoms with van der Waals surface area (Å²) in [6.07, 6.45) is -0.220. The van der Waals surface area contributed by atoms with Crippen molar-refractivity contribution in [2.24, 2.45) is 10.9 Å². The van der Waals surface area contributed by atoms with Crippen LogP contribution in [0.4, 0.5) is 0 Å². The van der Waals surface area contributed by atoms with Crippen LogP contribution in [0.3, 0.4) is 0 Å². The summed E-state index contributed by atoms with van der Waals surface area (Å²) in [6, 6.07) is 11.9. The van der Waals surface area contributed by atoms with Gasteiger partial charge in [-0.2, -0.15) is 0 Å². The third-order valence-electron chi connectivity index (χ3n) is 2.86. The number of carbonyl (C=O) groups is 2. The molecular weight excluding hydrogens is 300 g/mol. The zero-order valence-electron chi connectivity index (χ0n) is 12.0. The summed E-state index contributed by atoms with van der Waals surface area (Å²) in [6.45, 7) is 0. The van der Waals surface area contributed by atoms with E-state index in [1.807, 2.05) is 0 Å². The Bertz CT molecular complexity index is 771. The monoisotopic (exact) mass is 314 g/mol. The van der Waals surface area contributed by atoms with Gasteiger partial charge in [0.1, 0.15) is 5.75 Å². The predicted molar refractivity (Wildman–Crippen MR) is 82.5 cm³/mol. The average Bonchev–Trinajstić information content (AvgIpc) is 2.51. The molecule has 0 aliphatic rings. The van der Waals surface area contributed by atoms with Gasteiger partial charge in [-0.3, -0.25) is 4.79 Å².